The van der Waals surface area contributed by atoms with Gasteiger partial charge in [-0.05, 0) is 36.8 Å². The fourth-order valence-electron chi connectivity index (χ4n) is 3.07. The van der Waals surface area contributed by atoms with Crippen LogP contribution >= 0.6 is 0 Å². The van der Waals surface area contributed by atoms with Crippen LogP contribution in [0.15, 0.2) is 36.4 Å². The number of hydrogen-bond acceptors (Lipinski definition) is 1. The molecule has 1 unspecified atom stereocenters. The van der Waals surface area contributed by atoms with Crippen LogP contribution in [0.25, 0.3) is 0 Å². The summed E-state index contributed by atoms with van der Waals surface area (Å²) in [5.41, 5.74) is 3.42. The van der Waals surface area contributed by atoms with E-state index in [2.05, 4.69) is 41.7 Å². The normalized spacial score (nSPS) is 28.8. The molecule has 84 valence electrons. The molecule has 2 aliphatic rings. The highest BCUT2D eigenvalue weighted by Crippen LogP contribution is 2.36. The molecule has 1 atom stereocenters. The first-order chi connectivity index (χ1) is 7.88. The van der Waals surface area contributed by atoms with Crippen LogP contribution in [-0.4, -0.2) is 6.54 Å². The summed E-state index contributed by atoms with van der Waals surface area (Å²) >= 11 is 0. The molecular weight excluding hydrogens is 194 g/mol. The van der Waals surface area contributed by atoms with E-state index in [1.807, 2.05) is 0 Å². The molecule has 0 amide bonds. The first-order valence-electron chi connectivity index (χ1n) is 6.33. The Morgan fingerprint density at radius 2 is 2.00 bits per heavy atom. The number of allylic oxidation sites excluding steroid dienone is 1. The van der Waals surface area contributed by atoms with Gasteiger partial charge in [-0.1, -0.05) is 36.4 Å². The van der Waals surface area contributed by atoms with Crippen LogP contribution in [0.2, 0.25) is 0 Å². The van der Waals surface area contributed by atoms with Crippen LogP contribution in [0, 0.1) is 5.41 Å². The third-order valence-corrected chi connectivity index (χ3v) is 3.97. The maximum Gasteiger partial charge on any atom is 0.0208 e. The Morgan fingerprint density at radius 3 is 2.81 bits per heavy atom. The van der Waals surface area contributed by atoms with Crippen LogP contribution in [0.1, 0.15) is 30.4 Å². The smallest absolute Gasteiger partial charge is 0.0208 e. The minimum Gasteiger partial charge on any atom is -0.312 e. The molecule has 1 aliphatic heterocycles. The number of benzene rings is 1. The molecule has 0 aromatic heterocycles. The lowest BCUT2D eigenvalue weighted by Crippen LogP contribution is -2.33. The van der Waals surface area contributed by atoms with E-state index in [1.54, 1.807) is 5.56 Å². The summed E-state index contributed by atoms with van der Waals surface area (Å²) in [4.78, 5) is 0. The highest BCUT2D eigenvalue weighted by molar-refractivity contribution is 5.31. The third-order valence-electron chi connectivity index (χ3n) is 3.97. The summed E-state index contributed by atoms with van der Waals surface area (Å²) in [6.45, 7) is 2.17. The molecule has 1 heterocycles. The second kappa shape index (κ2) is 4.06. The molecule has 0 saturated carbocycles. The average molecular weight is 213 g/mol. The fourth-order valence-corrected chi connectivity index (χ4v) is 3.07. The summed E-state index contributed by atoms with van der Waals surface area (Å²) in [7, 11) is 0. The number of rotatable bonds is 0. The molecule has 1 aromatic rings. The zero-order valence-corrected chi connectivity index (χ0v) is 9.71. The second-order valence-electron chi connectivity index (χ2n) is 5.21. The molecule has 0 fully saturated rings. The molecule has 3 rings (SSSR count). The predicted molar refractivity (Wildman–Crippen MR) is 67.3 cm³/mol. The minimum atomic E-state index is 0.394. The second-order valence-corrected chi connectivity index (χ2v) is 5.21. The van der Waals surface area contributed by atoms with Gasteiger partial charge >= 0.3 is 0 Å². The Hall–Kier alpha value is -1.08. The molecule has 1 spiro atoms. The Kier molecular flexibility index (Phi) is 2.56. The van der Waals surface area contributed by atoms with Gasteiger partial charge in [0, 0.05) is 18.5 Å². The maximum atomic E-state index is 3.61. The number of nitrogens with one attached hydrogen (secondary N) is 1. The van der Waals surface area contributed by atoms with Crippen LogP contribution in [0.3, 0.4) is 0 Å². The van der Waals surface area contributed by atoms with E-state index in [9.17, 15) is 0 Å². The lowest BCUT2D eigenvalue weighted by Gasteiger charge is -2.32. The van der Waals surface area contributed by atoms with Crippen molar-refractivity contribution in [2.45, 2.75) is 32.2 Å². The van der Waals surface area contributed by atoms with E-state index in [1.165, 1.54) is 31.2 Å². The van der Waals surface area contributed by atoms with E-state index in [0.29, 0.717) is 5.41 Å². The highest BCUT2D eigenvalue weighted by atomic mass is 14.9. The maximum absolute atomic E-state index is 3.61. The van der Waals surface area contributed by atoms with Gasteiger partial charge in [-0.2, -0.15) is 0 Å². The van der Waals surface area contributed by atoms with Crippen molar-refractivity contribution >= 4 is 0 Å². The molecule has 16 heavy (non-hydrogen) atoms. The number of fused-ring (bicyclic) bond motifs is 1. The summed E-state index contributed by atoms with van der Waals surface area (Å²) < 4.78 is 0. The zero-order chi connectivity index (χ0) is 10.8. The molecule has 1 heteroatoms. The predicted octanol–water partition coefficient (Wildman–Crippen LogP) is 3.06. The van der Waals surface area contributed by atoms with E-state index in [4.69, 9.17) is 0 Å². The van der Waals surface area contributed by atoms with Gasteiger partial charge < -0.3 is 5.32 Å². The summed E-state index contributed by atoms with van der Waals surface area (Å²) in [6, 6.07) is 8.88. The number of hydrogen-bond donors (Lipinski definition) is 1. The first-order valence-corrected chi connectivity index (χ1v) is 6.33. The Morgan fingerprint density at radius 1 is 1.12 bits per heavy atom. The molecule has 0 bridgehead atoms. The van der Waals surface area contributed by atoms with Crippen molar-refractivity contribution in [3.8, 4) is 0 Å². The standard InChI is InChI=1S/C15H19N/c1-4-8-15(9-5-1)10-13-6-2-3-7-14(13)11-16-12-15/h2-4,6-8,16H,1,5,9-12H2. The Labute approximate surface area is 97.6 Å². The van der Waals surface area contributed by atoms with Gasteiger partial charge in [-0.15, -0.1) is 0 Å². The van der Waals surface area contributed by atoms with Crippen molar-refractivity contribution in [1.29, 1.82) is 0 Å². The van der Waals surface area contributed by atoms with E-state index < -0.39 is 0 Å². The first kappa shape index (κ1) is 10.1. The van der Waals surface area contributed by atoms with Crippen molar-refractivity contribution in [3.05, 3.63) is 47.5 Å². The van der Waals surface area contributed by atoms with Crippen LogP contribution < -0.4 is 5.32 Å². The monoisotopic (exact) mass is 213 g/mol. The van der Waals surface area contributed by atoms with Crippen molar-refractivity contribution in [3.63, 3.8) is 0 Å². The van der Waals surface area contributed by atoms with Gasteiger partial charge in [0.15, 0.2) is 0 Å². The van der Waals surface area contributed by atoms with Gasteiger partial charge in [0.05, 0.1) is 0 Å². The van der Waals surface area contributed by atoms with Crippen LogP contribution in [0.5, 0.6) is 0 Å². The van der Waals surface area contributed by atoms with Gasteiger partial charge in [0.1, 0.15) is 0 Å². The fraction of sp³-hybridized carbons (Fsp3) is 0.467. The van der Waals surface area contributed by atoms with Crippen molar-refractivity contribution in [2.24, 2.45) is 5.41 Å². The van der Waals surface area contributed by atoms with Crippen molar-refractivity contribution in [2.75, 3.05) is 6.54 Å². The zero-order valence-electron chi connectivity index (χ0n) is 9.71. The quantitative estimate of drug-likeness (QED) is 0.653. The molecule has 0 radical (unpaired) electrons. The summed E-state index contributed by atoms with van der Waals surface area (Å²) in [5, 5.41) is 3.61. The Balaban J connectivity index is 1.95. The molecule has 1 nitrogen and oxygen atoms in total. The van der Waals surface area contributed by atoms with Crippen molar-refractivity contribution in [1.82, 2.24) is 5.32 Å². The Bertz CT molecular complexity index is 408. The molecule has 1 aromatic carbocycles. The topological polar surface area (TPSA) is 12.0 Å². The van der Waals surface area contributed by atoms with Crippen molar-refractivity contribution < 1.29 is 0 Å². The third kappa shape index (κ3) is 1.80. The lowest BCUT2D eigenvalue weighted by molar-refractivity contribution is 0.315. The van der Waals surface area contributed by atoms with E-state index >= 15 is 0 Å². The largest absolute Gasteiger partial charge is 0.312 e. The van der Waals surface area contributed by atoms with Crippen LogP contribution in [0.4, 0.5) is 0 Å². The van der Waals surface area contributed by atoms with E-state index in [0.717, 1.165) is 13.1 Å². The van der Waals surface area contributed by atoms with Gasteiger partial charge in [0.2, 0.25) is 0 Å². The highest BCUT2D eigenvalue weighted by Gasteiger charge is 2.30. The summed E-state index contributed by atoms with van der Waals surface area (Å²) in [6.07, 6.45) is 10.0. The molecule has 1 aliphatic carbocycles. The molecular formula is C15H19N. The van der Waals surface area contributed by atoms with Crippen LogP contribution in [-0.2, 0) is 13.0 Å². The SMILES string of the molecule is C1=CC2(CCC1)CNCc1ccccc1C2. The lowest BCUT2D eigenvalue weighted by atomic mass is 9.74. The average Bonchev–Trinajstić information content (AvgIpc) is 2.49. The summed E-state index contributed by atoms with van der Waals surface area (Å²) in [5.74, 6) is 0. The van der Waals surface area contributed by atoms with E-state index in [-0.39, 0.29) is 0 Å². The van der Waals surface area contributed by atoms with Gasteiger partial charge in [-0.25, -0.2) is 0 Å². The molecule has 1 N–H and O–H groups in total. The van der Waals surface area contributed by atoms with Gasteiger partial charge in [0.25, 0.3) is 0 Å². The minimum absolute atomic E-state index is 0.394. The van der Waals surface area contributed by atoms with Gasteiger partial charge in [-0.3, -0.25) is 0 Å². The molecule has 0 saturated heterocycles.